The van der Waals surface area contributed by atoms with Gasteiger partial charge in [0.1, 0.15) is 4.21 Å². The molecule has 1 saturated carbocycles. The van der Waals surface area contributed by atoms with Gasteiger partial charge in [0, 0.05) is 31.1 Å². The van der Waals surface area contributed by atoms with Crippen molar-refractivity contribution in [1.29, 1.82) is 0 Å². The van der Waals surface area contributed by atoms with E-state index in [0.29, 0.717) is 17.3 Å². The minimum absolute atomic E-state index is 0.314. The Morgan fingerprint density at radius 2 is 1.96 bits per heavy atom. The second kappa shape index (κ2) is 8.71. The van der Waals surface area contributed by atoms with Crippen LogP contribution in [0.15, 0.2) is 21.3 Å². The summed E-state index contributed by atoms with van der Waals surface area (Å²) in [6.45, 7) is 7.72. The molecule has 0 bridgehead atoms. The van der Waals surface area contributed by atoms with E-state index >= 15 is 0 Å². The normalized spacial score (nSPS) is 23.9. The molecule has 0 radical (unpaired) electrons. The highest BCUT2D eigenvalue weighted by molar-refractivity contribution is 7.91. The number of fused-ring (bicyclic) bond motifs is 1. The highest BCUT2D eigenvalue weighted by Gasteiger charge is 2.35. The zero-order valence-corrected chi connectivity index (χ0v) is 17.3. The molecule has 0 amide bonds. The molecule has 2 heterocycles. The number of sulfonamides is 1. The molecule has 2 N–H and O–H groups in total. The highest BCUT2D eigenvalue weighted by atomic mass is 32.2. The number of aliphatic imine (C=N–C) groups is 1. The maximum atomic E-state index is 12.3. The van der Waals surface area contributed by atoms with Crippen LogP contribution in [0.5, 0.6) is 0 Å². The van der Waals surface area contributed by atoms with Crippen LogP contribution in [0.3, 0.4) is 0 Å². The molecule has 0 spiro atoms. The molecular weight excluding hydrogens is 368 g/mol. The monoisotopic (exact) mass is 398 g/mol. The van der Waals surface area contributed by atoms with Crippen molar-refractivity contribution in [3.05, 3.63) is 17.0 Å². The minimum atomic E-state index is -3.42. The number of nitrogens with zero attached hydrogens (tertiary/aromatic N) is 2. The SMILES string of the molecule is CCNC(=NCCNS(=O)(=O)c1ccc(C)s1)N1CC2CCCCC2C1. The average Bonchev–Trinajstić information content (AvgIpc) is 3.24. The van der Waals surface area contributed by atoms with Gasteiger partial charge in [-0.15, -0.1) is 11.3 Å². The highest BCUT2D eigenvalue weighted by Crippen LogP contribution is 2.35. The van der Waals surface area contributed by atoms with Gasteiger partial charge in [-0.05, 0) is 50.7 Å². The molecule has 26 heavy (non-hydrogen) atoms. The first kappa shape index (κ1) is 19.6. The average molecular weight is 399 g/mol. The van der Waals surface area contributed by atoms with Crippen LogP contribution in [0.4, 0.5) is 0 Å². The van der Waals surface area contributed by atoms with Crippen molar-refractivity contribution in [2.45, 2.75) is 43.7 Å². The predicted molar refractivity (Wildman–Crippen MR) is 107 cm³/mol. The van der Waals surface area contributed by atoms with Crippen LogP contribution in [0.2, 0.25) is 0 Å². The second-order valence-electron chi connectivity index (χ2n) is 7.21. The Morgan fingerprint density at radius 1 is 1.27 bits per heavy atom. The van der Waals surface area contributed by atoms with Crippen molar-refractivity contribution in [1.82, 2.24) is 14.9 Å². The number of rotatable bonds is 6. The van der Waals surface area contributed by atoms with E-state index in [0.717, 1.165) is 42.3 Å². The number of hydrogen-bond donors (Lipinski definition) is 2. The number of likely N-dealkylation sites (tertiary alicyclic amines) is 1. The summed E-state index contributed by atoms with van der Waals surface area (Å²) in [5.74, 6) is 2.52. The molecule has 8 heteroatoms. The zero-order chi connectivity index (χ0) is 18.6. The predicted octanol–water partition coefficient (Wildman–Crippen LogP) is 2.42. The zero-order valence-electron chi connectivity index (χ0n) is 15.7. The maximum absolute atomic E-state index is 12.3. The number of nitrogens with one attached hydrogen (secondary N) is 2. The molecule has 1 saturated heterocycles. The molecular formula is C18H30N4O2S2. The summed E-state index contributed by atoms with van der Waals surface area (Å²) in [7, 11) is -3.42. The lowest BCUT2D eigenvalue weighted by Crippen LogP contribution is -2.40. The van der Waals surface area contributed by atoms with E-state index in [1.807, 2.05) is 13.0 Å². The Kier molecular flexibility index (Phi) is 6.58. The van der Waals surface area contributed by atoms with Gasteiger partial charge in [0.2, 0.25) is 10.0 Å². The van der Waals surface area contributed by atoms with Crippen molar-refractivity contribution in [3.8, 4) is 0 Å². The Labute approximate surface area is 161 Å². The number of aryl methyl sites for hydroxylation is 1. The van der Waals surface area contributed by atoms with Crippen LogP contribution in [0.1, 0.15) is 37.5 Å². The molecule has 146 valence electrons. The van der Waals surface area contributed by atoms with Gasteiger partial charge in [-0.2, -0.15) is 0 Å². The lowest BCUT2D eigenvalue weighted by molar-refractivity contribution is 0.299. The van der Waals surface area contributed by atoms with Crippen LogP contribution in [-0.2, 0) is 10.0 Å². The van der Waals surface area contributed by atoms with E-state index in [9.17, 15) is 8.42 Å². The molecule has 1 aromatic rings. The summed E-state index contributed by atoms with van der Waals surface area (Å²) in [5.41, 5.74) is 0. The summed E-state index contributed by atoms with van der Waals surface area (Å²) < 4.78 is 27.6. The quantitative estimate of drug-likeness (QED) is 0.438. The lowest BCUT2D eigenvalue weighted by Gasteiger charge is -2.22. The number of guanidine groups is 1. The van der Waals surface area contributed by atoms with E-state index < -0.39 is 10.0 Å². The van der Waals surface area contributed by atoms with Gasteiger partial charge >= 0.3 is 0 Å². The fraction of sp³-hybridized carbons (Fsp3) is 0.722. The smallest absolute Gasteiger partial charge is 0.250 e. The molecule has 0 aromatic carbocycles. The Balaban J connectivity index is 1.54. The molecule has 6 nitrogen and oxygen atoms in total. The fourth-order valence-electron chi connectivity index (χ4n) is 3.97. The molecule has 1 aliphatic heterocycles. The molecule has 2 unspecified atom stereocenters. The van der Waals surface area contributed by atoms with E-state index in [1.165, 1.54) is 37.0 Å². The van der Waals surface area contributed by atoms with Crippen LogP contribution in [0, 0.1) is 18.8 Å². The van der Waals surface area contributed by atoms with Gasteiger partial charge in [-0.1, -0.05) is 12.8 Å². The third-order valence-corrected chi connectivity index (χ3v) is 8.21. The molecule has 2 atom stereocenters. The number of hydrogen-bond acceptors (Lipinski definition) is 4. The van der Waals surface area contributed by atoms with E-state index in [-0.39, 0.29) is 0 Å². The van der Waals surface area contributed by atoms with Crippen LogP contribution >= 0.6 is 11.3 Å². The van der Waals surface area contributed by atoms with Gasteiger partial charge < -0.3 is 10.2 Å². The third-order valence-electron chi connectivity index (χ3n) is 5.26. The molecule has 3 rings (SSSR count). The van der Waals surface area contributed by atoms with E-state index in [4.69, 9.17) is 0 Å². The second-order valence-corrected chi connectivity index (χ2v) is 10.5. The first-order chi connectivity index (χ1) is 12.5. The summed E-state index contributed by atoms with van der Waals surface area (Å²) >= 11 is 1.29. The Bertz CT molecular complexity index is 715. The lowest BCUT2D eigenvalue weighted by atomic mass is 9.82. The molecule has 1 aromatic heterocycles. The summed E-state index contributed by atoms with van der Waals surface area (Å²) in [5, 5.41) is 3.37. The van der Waals surface area contributed by atoms with Crippen molar-refractivity contribution < 1.29 is 8.42 Å². The van der Waals surface area contributed by atoms with Gasteiger partial charge in [0.15, 0.2) is 5.96 Å². The van der Waals surface area contributed by atoms with Crippen molar-refractivity contribution in [2.75, 3.05) is 32.7 Å². The summed E-state index contributed by atoms with van der Waals surface area (Å²) in [6.07, 6.45) is 5.38. The van der Waals surface area contributed by atoms with Gasteiger partial charge in [-0.25, -0.2) is 13.1 Å². The molecule has 2 fully saturated rings. The molecule has 2 aliphatic rings. The van der Waals surface area contributed by atoms with Crippen molar-refractivity contribution >= 4 is 27.3 Å². The Morgan fingerprint density at radius 3 is 2.54 bits per heavy atom. The molecule has 1 aliphatic carbocycles. The van der Waals surface area contributed by atoms with Gasteiger partial charge in [-0.3, -0.25) is 4.99 Å². The summed E-state index contributed by atoms with van der Waals surface area (Å²) in [4.78, 5) is 8.02. The maximum Gasteiger partial charge on any atom is 0.250 e. The standard InChI is InChI=1S/C18H30N4O2S2/c1-3-19-18(22-12-15-6-4-5-7-16(15)13-22)20-10-11-21-26(23,24)17-9-8-14(2)25-17/h8-9,15-16,21H,3-7,10-13H2,1-2H3,(H,19,20). The van der Waals surface area contributed by atoms with Gasteiger partial charge in [0.05, 0.1) is 6.54 Å². The summed E-state index contributed by atoms with van der Waals surface area (Å²) in [6, 6.07) is 3.48. The fourth-order valence-corrected chi connectivity index (χ4v) is 6.32. The van der Waals surface area contributed by atoms with Crippen molar-refractivity contribution in [2.24, 2.45) is 16.8 Å². The largest absolute Gasteiger partial charge is 0.357 e. The minimum Gasteiger partial charge on any atom is -0.357 e. The topological polar surface area (TPSA) is 73.8 Å². The van der Waals surface area contributed by atoms with Gasteiger partial charge in [0.25, 0.3) is 0 Å². The van der Waals surface area contributed by atoms with Crippen LogP contribution in [-0.4, -0.2) is 52.0 Å². The van der Waals surface area contributed by atoms with E-state index in [2.05, 4.69) is 26.9 Å². The first-order valence-electron chi connectivity index (χ1n) is 9.59. The third kappa shape index (κ3) is 4.78. The van der Waals surface area contributed by atoms with Crippen LogP contribution in [0.25, 0.3) is 0 Å². The van der Waals surface area contributed by atoms with Crippen molar-refractivity contribution in [3.63, 3.8) is 0 Å². The first-order valence-corrected chi connectivity index (χ1v) is 11.9. The van der Waals surface area contributed by atoms with E-state index in [1.54, 1.807) is 6.07 Å². The van der Waals surface area contributed by atoms with Crippen LogP contribution < -0.4 is 10.0 Å². The Hall–Kier alpha value is -1.12. The number of thiophene rings is 1.